The highest BCUT2D eigenvalue weighted by Gasteiger charge is 2.39. The van der Waals surface area contributed by atoms with Gasteiger partial charge < -0.3 is 5.32 Å². The fourth-order valence-electron chi connectivity index (χ4n) is 2.62. The number of carbonyl (C=O) groups is 1. The summed E-state index contributed by atoms with van der Waals surface area (Å²) >= 11 is 3.09. The SMILES string of the molecule is CC1(C)CCCC1C(=O)Nc1ccc(Br)c(F)c1. The summed E-state index contributed by atoms with van der Waals surface area (Å²) in [6, 6.07) is 4.64. The van der Waals surface area contributed by atoms with Crippen molar-refractivity contribution in [3.05, 3.63) is 28.5 Å². The van der Waals surface area contributed by atoms with Crippen LogP contribution < -0.4 is 5.32 Å². The standard InChI is InChI=1S/C14H17BrFNO/c1-14(2)7-3-4-10(14)13(18)17-9-5-6-11(15)12(16)8-9/h5-6,8,10H,3-4,7H2,1-2H3,(H,17,18). The molecule has 1 amide bonds. The van der Waals surface area contributed by atoms with Gasteiger partial charge >= 0.3 is 0 Å². The Hall–Kier alpha value is -0.900. The number of amides is 1. The highest BCUT2D eigenvalue weighted by Crippen LogP contribution is 2.43. The summed E-state index contributed by atoms with van der Waals surface area (Å²) in [5.41, 5.74) is 0.557. The van der Waals surface area contributed by atoms with E-state index in [4.69, 9.17) is 0 Å². The van der Waals surface area contributed by atoms with Crippen molar-refractivity contribution in [1.82, 2.24) is 0 Å². The Morgan fingerprint density at radius 1 is 1.50 bits per heavy atom. The fourth-order valence-corrected chi connectivity index (χ4v) is 2.86. The maximum Gasteiger partial charge on any atom is 0.228 e. The van der Waals surface area contributed by atoms with Crippen molar-refractivity contribution in [2.45, 2.75) is 33.1 Å². The van der Waals surface area contributed by atoms with Gasteiger partial charge in [-0.05, 0) is 52.4 Å². The van der Waals surface area contributed by atoms with Gasteiger partial charge in [-0.1, -0.05) is 20.3 Å². The van der Waals surface area contributed by atoms with Crippen LogP contribution in [0.5, 0.6) is 0 Å². The lowest BCUT2D eigenvalue weighted by Crippen LogP contribution is -2.30. The zero-order valence-electron chi connectivity index (χ0n) is 10.6. The molecule has 1 aromatic carbocycles. The van der Waals surface area contributed by atoms with E-state index in [0.29, 0.717) is 10.2 Å². The second kappa shape index (κ2) is 5.00. The minimum absolute atomic E-state index is 0.000720. The van der Waals surface area contributed by atoms with Gasteiger partial charge in [0.2, 0.25) is 5.91 Å². The maximum absolute atomic E-state index is 13.4. The molecule has 1 atom stereocenters. The van der Waals surface area contributed by atoms with Crippen LogP contribution in [0.1, 0.15) is 33.1 Å². The molecule has 1 aliphatic rings. The average molecular weight is 314 g/mol. The topological polar surface area (TPSA) is 29.1 Å². The van der Waals surface area contributed by atoms with Crippen LogP contribution in [0.4, 0.5) is 10.1 Å². The first-order chi connectivity index (χ1) is 8.40. The van der Waals surface area contributed by atoms with E-state index < -0.39 is 0 Å². The smallest absolute Gasteiger partial charge is 0.228 e. The molecular formula is C14H17BrFNO. The number of rotatable bonds is 2. The summed E-state index contributed by atoms with van der Waals surface area (Å²) < 4.78 is 13.8. The minimum atomic E-state index is -0.363. The summed E-state index contributed by atoms with van der Waals surface area (Å²) in [6.07, 6.45) is 3.07. The number of hydrogen-bond acceptors (Lipinski definition) is 1. The van der Waals surface area contributed by atoms with Crippen LogP contribution in [0, 0.1) is 17.2 Å². The number of anilines is 1. The molecule has 0 aliphatic heterocycles. The Bertz CT molecular complexity index is 473. The van der Waals surface area contributed by atoms with Crippen molar-refractivity contribution in [2.75, 3.05) is 5.32 Å². The Balaban J connectivity index is 2.09. The van der Waals surface area contributed by atoms with Crippen molar-refractivity contribution in [3.63, 3.8) is 0 Å². The van der Waals surface area contributed by atoms with E-state index in [1.165, 1.54) is 6.07 Å². The molecule has 0 spiro atoms. The molecule has 0 bridgehead atoms. The fraction of sp³-hybridized carbons (Fsp3) is 0.500. The number of halogens is 2. The lowest BCUT2D eigenvalue weighted by atomic mass is 9.81. The highest BCUT2D eigenvalue weighted by atomic mass is 79.9. The second-order valence-electron chi connectivity index (χ2n) is 5.55. The molecule has 0 radical (unpaired) electrons. The maximum atomic E-state index is 13.4. The summed E-state index contributed by atoms with van der Waals surface area (Å²) in [7, 11) is 0. The van der Waals surface area contributed by atoms with E-state index in [9.17, 15) is 9.18 Å². The number of nitrogens with one attached hydrogen (secondary N) is 1. The zero-order chi connectivity index (χ0) is 13.3. The second-order valence-corrected chi connectivity index (χ2v) is 6.41. The molecule has 2 rings (SSSR count). The van der Waals surface area contributed by atoms with Crippen LogP contribution in [-0.4, -0.2) is 5.91 Å². The summed E-state index contributed by atoms with van der Waals surface area (Å²) in [6.45, 7) is 4.23. The van der Waals surface area contributed by atoms with Crippen LogP contribution in [-0.2, 0) is 4.79 Å². The Labute approximate surface area is 115 Å². The van der Waals surface area contributed by atoms with Crippen LogP contribution in [0.15, 0.2) is 22.7 Å². The highest BCUT2D eigenvalue weighted by molar-refractivity contribution is 9.10. The van der Waals surface area contributed by atoms with E-state index >= 15 is 0 Å². The molecule has 1 fully saturated rings. The van der Waals surface area contributed by atoms with Gasteiger partial charge in [-0.25, -0.2) is 4.39 Å². The molecule has 1 N–H and O–H groups in total. The normalized spacial score (nSPS) is 21.9. The molecular weight excluding hydrogens is 297 g/mol. The van der Waals surface area contributed by atoms with Gasteiger partial charge in [-0.2, -0.15) is 0 Å². The molecule has 98 valence electrons. The van der Waals surface area contributed by atoms with Crippen molar-refractivity contribution in [1.29, 1.82) is 0 Å². The van der Waals surface area contributed by atoms with E-state index in [1.807, 2.05) is 0 Å². The number of carbonyl (C=O) groups excluding carboxylic acids is 1. The molecule has 0 aromatic heterocycles. The van der Waals surface area contributed by atoms with E-state index in [-0.39, 0.29) is 23.1 Å². The predicted octanol–water partition coefficient (Wildman–Crippen LogP) is 4.35. The largest absolute Gasteiger partial charge is 0.326 e. The Morgan fingerprint density at radius 3 is 2.78 bits per heavy atom. The Kier molecular flexibility index (Phi) is 3.76. The van der Waals surface area contributed by atoms with Gasteiger partial charge in [0, 0.05) is 11.6 Å². The van der Waals surface area contributed by atoms with Crippen LogP contribution in [0.25, 0.3) is 0 Å². The van der Waals surface area contributed by atoms with Crippen molar-refractivity contribution in [2.24, 2.45) is 11.3 Å². The monoisotopic (exact) mass is 313 g/mol. The average Bonchev–Trinajstić information content (AvgIpc) is 2.63. The minimum Gasteiger partial charge on any atom is -0.326 e. The number of hydrogen-bond donors (Lipinski definition) is 1. The molecule has 1 unspecified atom stereocenters. The van der Waals surface area contributed by atoms with Crippen molar-refractivity contribution >= 4 is 27.5 Å². The molecule has 1 aromatic rings. The van der Waals surface area contributed by atoms with E-state index in [1.54, 1.807) is 12.1 Å². The third kappa shape index (κ3) is 2.74. The van der Waals surface area contributed by atoms with E-state index in [2.05, 4.69) is 35.1 Å². The first-order valence-corrected chi connectivity index (χ1v) is 6.95. The van der Waals surface area contributed by atoms with E-state index in [0.717, 1.165) is 19.3 Å². The lowest BCUT2D eigenvalue weighted by Gasteiger charge is -2.25. The first-order valence-electron chi connectivity index (χ1n) is 6.16. The van der Waals surface area contributed by atoms with Gasteiger partial charge in [-0.3, -0.25) is 4.79 Å². The van der Waals surface area contributed by atoms with Gasteiger partial charge in [-0.15, -0.1) is 0 Å². The third-order valence-electron chi connectivity index (χ3n) is 3.76. The van der Waals surface area contributed by atoms with Crippen molar-refractivity contribution < 1.29 is 9.18 Å². The quantitative estimate of drug-likeness (QED) is 0.864. The predicted molar refractivity (Wildman–Crippen MR) is 73.9 cm³/mol. The number of benzene rings is 1. The van der Waals surface area contributed by atoms with Crippen molar-refractivity contribution in [3.8, 4) is 0 Å². The van der Waals surface area contributed by atoms with Gasteiger partial charge in [0.25, 0.3) is 0 Å². The van der Waals surface area contributed by atoms with Crippen LogP contribution >= 0.6 is 15.9 Å². The molecule has 1 aliphatic carbocycles. The lowest BCUT2D eigenvalue weighted by molar-refractivity contribution is -0.122. The van der Waals surface area contributed by atoms with Crippen LogP contribution in [0.3, 0.4) is 0 Å². The third-order valence-corrected chi connectivity index (χ3v) is 4.40. The Morgan fingerprint density at radius 2 is 2.22 bits per heavy atom. The molecule has 2 nitrogen and oxygen atoms in total. The van der Waals surface area contributed by atoms with Gasteiger partial charge in [0.1, 0.15) is 5.82 Å². The molecule has 18 heavy (non-hydrogen) atoms. The first kappa shape index (κ1) is 13.5. The van der Waals surface area contributed by atoms with Crippen LogP contribution in [0.2, 0.25) is 0 Å². The van der Waals surface area contributed by atoms with Gasteiger partial charge in [0.15, 0.2) is 0 Å². The molecule has 4 heteroatoms. The zero-order valence-corrected chi connectivity index (χ0v) is 12.2. The summed E-state index contributed by atoms with van der Waals surface area (Å²) in [4.78, 5) is 12.2. The summed E-state index contributed by atoms with van der Waals surface area (Å²) in [5.74, 6) is -0.345. The molecule has 1 saturated carbocycles. The summed E-state index contributed by atoms with van der Waals surface area (Å²) in [5, 5.41) is 2.81. The molecule has 0 heterocycles. The van der Waals surface area contributed by atoms with Gasteiger partial charge in [0.05, 0.1) is 4.47 Å². The molecule has 0 saturated heterocycles.